The Bertz CT molecular complexity index is 314. The standard InChI is InChI=1S/C13H18Te/c1-11-8-9-12(2)14(11)10-13-6-4-3-5-7-13/h3-7,10-12H,8-9H2,1-2H3/t11-,12-/m1/s1. The Morgan fingerprint density at radius 1 is 1.07 bits per heavy atom. The van der Waals surface area contributed by atoms with Gasteiger partial charge in [-0.25, -0.2) is 0 Å². The topological polar surface area (TPSA) is 0 Å². The average molecular weight is 302 g/mol. The van der Waals surface area contributed by atoms with Crippen LogP contribution in [0.3, 0.4) is 0 Å². The van der Waals surface area contributed by atoms with Gasteiger partial charge in [-0.05, 0) is 0 Å². The van der Waals surface area contributed by atoms with Crippen molar-refractivity contribution in [3.8, 4) is 0 Å². The molecule has 0 aromatic heterocycles. The molecule has 0 aliphatic carbocycles. The third-order valence-corrected chi connectivity index (χ3v) is 11.2. The zero-order chi connectivity index (χ0) is 9.97. The first-order chi connectivity index (χ1) is 6.77. The molecule has 0 unspecified atom stereocenters. The summed E-state index contributed by atoms with van der Waals surface area (Å²) in [6, 6.07) is 10.9. The van der Waals surface area contributed by atoms with Crippen molar-refractivity contribution < 1.29 is 0 Å². The van der Waals surface area contributed by atoms with Crippen LogP contribution < -0.4 is 0 Å². The van der Waals surface area contributed by atoms with Gasteiger partial charge in [0.1, 0.15) is 0 Å². The number of benzene rings is 1. The van der Waals surface area contributed by atoms with Crippen LogP contribution >= 0.6 is 0 Å². The zero-order valence-electron chi connectivity index (χ0n) is 8.94. The second-order valence-corrected chi connectivity index (χ2v) is 11.7. The van der Waals surface area contributed by atoms with Crippen molar-refractivity contribution >= 4 is 23.1 Å². The normalized spacial score (nSPS) is 27.9. The molecular weight excluding hydrogens is 284 g/mol. The van der Waals surface area contributed by atoms with Gasteiger partial charge in [-0.2, -0.15) is 0 Å². The molecule has 0 saturated carbocycles. The molecule has 1 heterocycles. The summed E-state index contributed by atoms with van der Waals surface area (Å²) in [5, 5.41) is 0. The van der Waals surface area contributed by atoms with Gasteiger partial charge in [0.25, 0.3) is 0 Å². The van der Waals surface area contributed by atoms with Gasteiger partial charge in [0.2, 0.25) is 0 Å². The van der Waals surface area contributed by atoms with E-state index in [4.69, 9.17) is 0 Å². The molecule has 2 rings (SSSR count). The molecule has 0 N–H and O–H groups in total. The van der Waals surface area contributed by atoms with E-state index in [2.05, 4.69) is 48.2 Å². The van der Waals surface area contributed by atoms with Gasteiger partial charge in [0.15, 0.2) is 0 Å². The van der Waals surface area contributed by atoms with Crippen molar-refractivity contribution in [3.63, 3.8) is 0 Å². The van der Waals surface area contributed by atoms with Crippen LogP contribution in [-0.2, 0) is 0 Å². The molecule has 0 nitrogen and oxygen atoms in total. The van der Waals surface area contributed by atoms with Gasteiger partial charge in [-0.15, -0.1) is 0 Å². The molecule has 2 atom stereocenters. The molecule has 1 aromatic rings. The molecule has 0 amide bonds. The summed E-state index contributed by atoms with van der Waals surface area (Å²) in [5.74, 6) is 0. The summed E-state index contributed by atoms with van der Waals surface area (Å²) < 4.78 is 4.70. The fraction of sp³-hybridized carbons (Fsp3) is 0.462. The maximum atomic E-state index is 2.63. The molecule has 14 heavy (non-hydrogen) atoms. The monoisotopic (exact) mass is 304 g/mol. The van der Waals surface area contributed by atoms with E-state index in [0.29, 0.717) is 0 Å². The van der Waals surface area contributed by atoms with Gasteiger partial charge in [-0.3, -0.25) is 0 Å². The van der Waals surface area contributed by atoms with Crippen molar-refractivity contribution in [2.75, 3.05) is 0 Å². The molecule has 1 heteroatoms. The average Bonchev–Trinajstić information content (AvgIpc) is 2.51. The van der Waals surface area contributed by atoms with Crippen molar-refractivity contribution in [1.29, 1.82) is 0 Å². The van der Waals surface area contributed by atoms with Crippen LogP contribution in [0.5, 0.6) is 0 Å². The van der Waals surface area contributed by atoms with Crippen molar-refractivity contribution in [2.24, 2.45) is 0 Å². The number of hydrogen-bond acceptors (Lipinski definition) is 0. The van der Waals surface area contributed by atoms with Crippen LogP contribution in [0.1, 0.15) is 32.3 Å². The first-order valence-corrected chi connectivity index (χ1v) is 9.41. The molecule has 1 aliphatic rings. The predicted octanol–water partition coefficient (Wildman–Crippen LogP) is 3.49. The third kappa shape index (κ3) is 2.27. The fourth-order valence-electron chi connectivity index (χ4n) is 2.06. The van der Waals surface area contributed by atoms with Crippen molar-refractivity contribution in [3.05, 3.63) is 35.9 Å². The molecule has 1 fully saturated rings. The van der Waals surface area contributed by atoms with Gasteiger partial charge >= 0.3 is 93.6 Å². The predicted molar refractivity (Wildman–Crippen MR) is 65.4 cm³/mol. The van der Waals surface area contributed by atoms with E-state index in [-0.39, 0.29) is 0 Å². The van der Waals surface area contributed by atoms with Crippen molar-refractivity contribution in [1.82, 2.24) is 0 Å². The minimum absolute atomic E-state index is 0.937. The van der Waals surface area contributed by atoms with Gasteiger partial charge in [0, 0.05) is 0 Å². The first-order valence-electron chi connectivity index (χ1n) is 5.38. The van der Waals surface area contributed by atoms with Crippen LogP contribution in [0.2, 0.25) is 7.93 Å². The SMILES string of the molecule is C[C@@H]1CC[C@@H](C)[Te]1=Cc1ccccc1. The molecule has 1 aliphatic heterocycles. The molecule has 0 spiro atoms. The van der Waals surface area contributed by atoms with Crippen LogP contribution in [0.25, 0.3) is 0 Å². The first kappa shape index (κ1) is 10.4. The third-order valence-electron chi connectivity index (χ3n) is 2.98. The van der Waals surface area contributed by atoms with E-state index in [1.54, 1.807) is 0 Å². The van der Waals surface area contributed by atoms with Crippen LogP contribution in [0.4, 0.5) is 0 Å². The Labute approximate surface area is 93.5 Å². The molecule has 1 aromatic carbocycles. The second-order valence-electron chi connectivity index (χ2n) is 4.14. The number of rotatable bonds is 1. The van der Waals surface area contributed by atoms with Gasteiger partial charge < -0.3 is 0 Å². The van der Waals surface area contributed by atoms with E-state index in [1.807, 2.05) is 0 Å². The second kappa shape index (κ2) is 4.60. The molecule has 0 bridgehead atoms. The fourth-order valence-corrected chi connectivity index (χ4v) is 9.32. The Kier molecular flexibility index (Phi) is 3.42. The summed E-state index contributed by atoms with van der Waals surface area (Å²) >= 11 is -0.937. The quantitative estimate of drug-likeness (QED) is 0.697. The summed E-state index contributed by atoms with van der Waals surface area (Å²) in [5.41, 5.74) is 1.46. The minimum atomic E-state index is -0.937. The Balaban J connectivity index is 2.26. The van der Waals surface area contributed by atoms with E-state index in [1.165, 1.54) is 18.4 Å². The van der Waals surface area contributed by atoms with Crippen LogP contribution in [-0.4, -0.2) is 23.1 Å². The Morgan fingerprint density at radius 2 is 1.64 bits per heavy atom. The molecular formula is C13H18Te. The van der Waals surface area contributed by atoms with Gasteiger partial charge in [-0.1, -0.05) is 0 Å². The summed E-state index contributed by atoms with van der Waals surface area (Å²) in [4.78, 5) is 0. The Hall–Kier alpha value is -0.120. The molecule has 0 radical (unpaired) electrons. The van der Waals surface area contributed by atoms with E-state index >= 15 is 0 Å². The molecule has 76 valence electrons. The molecule has 1 saturated heterocycles. The van der Waals surface area contributed by atoms with Crippen molar-refractivity contribution in [2.45, 2.75) is 34.6 Å². The van der Waals surface area contributed by atoms with E-state index in [9.17, 15) is 0 Å². The van der Waals surface area contributed by atoms with Crippen LogP contribution in [0, 0.1) is 0 Å². The summed E-state index contributed by atoms with van der Waals surface area (Å²) in [6.45, 7) is 4.92. The van der Waals surface area contributed by atoms with E-state index in [0.717, 1.165) is 7.93 Å². The van der Waals surface area contributed by atoms with Gasteiger partial charge in [0.05, 0.1) is 0 Å². The van der Waals surface area contributed by atoms with E-state index < -0.39 is 19.1 Å². The summed E-state index contributed by atoms with van der Waals surface area (Å²) in [6.07, 6.45) is 2.95. The zero-order valence-corrected chi connectivity index (χ0v) is 11.3. The Morgan fingerprint density at radius 3 is 2.21 bits per heavy atom. The summed E-state index contributed by atoms with van der Waals surface area (Å²) in [7, 11) is 0. The maximum absolute atomic E-state index is 2.63. The van der Waals surface area contributed by atoms with Crippen LogP contribution in [0.15, 0.2) is 30.3 Å². The number of hydrogen-bond donors (Lipinski definition) is 0.